The van der Waals surface area contributed by atoms with Crippen molar-refractivity contribution in [2.75, 3.05) is 11.9 Å². The second-order valence-electron chi connectivity index (χ2n) is 9.31. The summed E-state index contributed by atoms with van der Waals surface area (Å²) in [6.45, 7) is 2.94. The van der Waals surface area contributed by atoms with E-state index in [0.29, 0.717) is 24.8 Å². The van der Waals surface area contributed by atoms with Gasteiger partial charge in [-0.05, 0) is 67.9 Å². The fourth-order valence-corrected chi connectivity index (χ4v) is 4.76. The first-order valence-electron chi connectivity index (χ1n) is 12.0. The number of aromatic nitrogens is 2. The zero-order valence-electron chi connectivity index (χ0n) is 19.5. The van der Waals surface area contributed by atoms with E-state index in [-0.39, 0.29) is 12.8 Å². The Kier molecular flexibility index (Phi) is 7.39. The van der Waals surface area contributed by atoms with E-state index in [4.69, 9.17) is 4.98 Å². The van der Waals surface area contributed by atoms with Gasteiger partial charge in [-0.2, -0.15) is 0 Å². The summed E-state index contributed by atoms with van der Waals surface area (Å²) in [4.78, 5) is 20.5. The van der Waals surface area contributed by atoms with Gasteiger partial charge >= 0.3 is 5.97 Å². The average Bonchev–Trinajstić information content (AvgIpc) is 2.81. The number of aliphatic carboxylic acids is 1. The standard InChI is InChI=1S/C27H31F2N3O2/c1-18-13-20-8-6-12-30-26(20)32-23(18)9-4-5-11-27(28,29)16-21(15-25(33)34)22-14-19-7-2-3-10-24(19)31-17-22/h2-3,7,10,13-14,17,21H,4-6,8-9,11-12,15-16H2,1H3,(H,30,32)(H,33,34). The van der Waals surface area contributed by atoms with Crippen molar-refractivity contribution in [3.63, 3.8) is 0 Å². The van der Waals surface area contributed by atoms with Gasteiger partial charge in [0.1, 0.15) is 5.82 Å². The van der Waals surface area contributed by atoms with E-state index in [1.165, 1.54) is 11.8 Å². The molecule has 0 amide bonds. The van der Waals surface area contributed by atoms with Gasteiger partial charge in [-0.1, -0.05) is 24.3 Å². The predicted octanol–water partition coefficient (Wildman–Crippen LogP) is 6.29. The van der Waals surface area contributed by atoms with Crippen molar-refractivity contribution in [1.29, 1.82) is 0 Å². The van der Waals surface area contributed by atoms with Crippen LogP contribution >= 0.6 is 0 Å². The van der Waals surface area contributed by atoms with Gasteiger partial charge in [-0.3, -0.25) is 9.78 Å². The molecule has 2 N–H and O–H groups in total. The molecule has 0 radical (unpaired) electrons. The topological polar surface area (TPSA) is 75.1 Å². The number of aryl methyl sites for hydroxylation is 3. The normalized spacial score (nSPS) is 14.4. The van der Waals surface area contributed by atoms with E-state index in [2.05, 4.69) is 16.4 Å². The highest BCUT2D eigenvalue weighted by Gasteiger charge is 2.34. The van der Waals surface area contributed by atoms with Gasteiger partial charge in [0.15, 0.2) is 0 Å². The SMILES string of the molecule is Cc1cc2c(nc1CCCCC(F)(F)CC(CC(=O)O)c1cnc3ccccc3c1)NCCC2. The number of anilines is 1. The third kappa shape index (κ3) is 6.07. The molecule has 0 saturated heterocycles. The third-order valence-electron chi connectivity index (χ3n) is 6.57. The number of fused-ring (bicyclic) bond motifs is 2. The summed E-state index contributed by atoms with van der Waals surface area (Å²) in [7, 11) is 0. The number of carboxylic acid groups (broad SMARTS) is 1. The van der Waals surface area contributed by atoms with Gasteiger partial charge in [-0.15, -0.1) is 0 Å². The highest BCUT2D eigenvalue weighted by Crippen LogP contribution is 2.36. The van der Waals surface area contributed by atoms with Crippen LogP contribution in [0.4, 0.5) is 14.6 Å². The summed E-state index contributed by atoms with van der Waals surface area (Å²) in [6.07, 6.45) is 4.16. The van der Waals surface area contributed by atoms with Crippen LogP contribution in [0.15, 0.2) is 42.6 Å². The molecule has 0 fully saturated rings. The average molecular weight is 468 g/mol. The molecule has 4 rings (SSSR count). The maximum absolute atomic E-state index is 14.9. The molecule has 5 nitrogen and oxygen atoms in total. The largest absolute Gasteiger partial charge is 0.481 e. The first-order chi connectivity index (χ1) is 16.3. The molecule has 180 valence electrons. The summed E-state index contributed by atoms with van der Waals surface area (Å²) < 4.78 is 29.8. The summed E-state index contributed by atoms with van der Waals surface area (Å²) in [6, 6.07) is 11.3. The van der Waals surface area contributed by atoms with Crippen molar-refractivity contribution in [3.05, 3.63) is 65.0 Å². The first-order valence-corrected chi connectivity index (χ1v) is 12.0. The zero-order valence-corrected chi connectivity index (χ0v) is 19.5. The molecule has 1 unspecified atom stereocenters. The molecule has 3 aromatic rings. The Balaban J connectivity index is 1.37. The Labute approximate surface area is 198 Å². The Morgan fingerprint density at radius 3 is 2.88 bits per heavy atom. The van der Waals surface area contributed by atoms with Crippen LogP contribution in [0.2, 0.25) is 0 Å². The lowest BCUT2D eigenvalue weighted by Crippen LogP contribution is -2.22. The van der Waals surface area contributed by atoms with Crippen molar-refractivity contribution in [3.8, 4) is 0 Å². The van der Waals surface area contributed by atoms with E-state index >= 15 is 0 Å². The molecule has 0 aliphatic carbocycles. The van der Waals surface area contributed by atoms with Crippen LogP contribution in [0.5, 0.6) is 0 Å². The van der Waals surface area contributed by atoms with E-state index < -0.39 is 24.2 Å². The molecule has 1 aromatic carbocycles. The number of halogens is 2. The van der Waals surface area contributed by atoms with E-state index in [0.717, 1.165) is 47.4 Å². The molecule has 3 heterocycles. The van der Waals surface area contributed by atoms with E-state index in [1.807, 2.05) is 31.2 Å². The minimum absolute atomic E-state index is 0.271. The number of pyridine rings is 2. The number of benzene rings is 1. The van der Waals surface area contributed by atoms with Crippen LogP contribution in [0, 0.1) is 6.92 Å². The lowest BCUT2D eigenvalue weighted by atomic mass is 9.88. The summed E-state index contributed by atoms with van der Waals surface area (Å²) in [5.41, 5.74) is 4.60. The minimum atomic E-state index is -2.95. The van der Waals surface area contributed by atoms with Crippen LogP contribution in [-0.2, 0) is 17.6 Å². The number of rotatable bonds is 10. The van der Waals surface area contributed by atoms with Crippen molar-refractivity contribution < 1.29 is 18.7 Å². The molecular weight excluding hydrogens is 436 g/mol. The minimum Gasteiger partial charge on any atom is -0.481 e. The van der Waals surface area contributed by atoms with Crippen LogP contribution in [0.25, 0.3) is 10.9 Å². The zero-order chi connectivity index (χ0) is 24.1. The van der Waals surface area contributed by atoms with Gasteiger partial charge < -0.3 is 10.4 Å². The van der Waals surface area contributed by atoms with Crippen LogP contribution < -0.4 is 5.32 Å². The maximum atomic E-state index is 14.9. The Hall–Kier alpha value is -3.09. The highest BCUT2D eigenvalue weighted by atomic mass is 19.3. The molecule has 7 heteroatoms. The molecule has 1 aliphatic rings. The van der Waals surface area contributed by atoms with Gasteiger partial charge in [0.05, 0.1) is 11.9 Å². The second-order valence-corrected chi connectivity index (χ2v) is 9.31. The number of unbranched alkanes of at least 4 members (excludes halogenated alkanes) is 1. The van der Waals surface area contributed by atoms with Gasteiger partial charge in [0, 0.05) is 42.6 Å². The predicted molar refractivity (Wildman–Crippen MR) is 130 cm³/mol. The van der Waals surface area contributed by atoms with Crippen LogP contribution in [0.1, 0.15) is 66.8 Å². The van der Waals surface area contributed by atoms with E-state index in [1.54, 1.807) is 6.07 Å². The first kappa shape index (κ1) is 24.0. The molecule has 1 atom stereocenters. The van der Waals surface area contributed by atoms with Crippen molar-refractivity contribution >= 4 is 22.7 Å². The lowest BCUT2D eigenvalue weighted by molar-refractivity contribution is -0.138. The smallest absolute Gasteiger partial charge is 0.303 e. The fourth-order valence-electron chi connectivity index (χ4n) is 4.76. The number of carbonyl (C=O) groups is 1. The molecule has 34 heavy (non-hydrogen) atoms. The fraction of sp³-hybridized carbons (Fsp3) is 0.444. The molecule has 1 aliphatic heterocycles. The third-order valence-corrected chi connectivity index (χ3v) is 6.57. The Bertz CT molecular complexity index is 1170. The highest BCUT2D eigenvalue weighted by molar-refractivity contribution is 5.79. The molecule has 2 aromatic heterocycles. The Morgan fingerprint density at radius 1 is 1.24 bits per heavy atom. The molecular formula is C27H31F2N3O2. The monoisotopic (exact) mass is 467 g/mol. The number of hydrogen-bond acceptors (Lipinski definition) is 4. The number of nitrogens with one attached hydrogen (secondary N) is 1. The summed E-state index contributed by atoms with van der Waals surface area (Å²) in [5, 5.41) is 13.5. The van der Waals surface area contributed by atoms with Crippen LogP contribution in [0.3, 0.4) is 0 Å². The number of para-hydroxylation sites is 1. The van der Waals surface area contributed by atoms with Gasteiger partial charge in [-0.25, -0.2) is 13.8 Å². The Morgan fingerprint density at radius 2 is 2.06 bits per heavy atom. The summed E-state index contributed by atoms with van der Waals surface area (Å²) in [5.74, 6) is -3.90. The quantitative estimate of drug-likeness (QED) is 0.343. The van der Waals surface area contributed by atoms with Crippen molar-refractivity contribution in [1.82, 2.24) is 9.97 Å². The number of alkyl halides is 2. The summed E-state index contributed by atoms with van der Waals surface area (Å²) >= 11 is 0. The maximum Gasteiger partial charge on any atom is 0.303 e. The van der Waals surface area contributed by atoms with E-state index in [9.17, 15) is 18.7 Å². The van der Waals surface area contributed by atoms with Crippen molar-refractivity contribution in [2.24, 2.45) is 0 Å². The molecule has 0 saturated carbocycles. The number of hydrogen-bond donors (Lipinski definition) is 2. The molecule has 0 bridgehead atoms. The number of nitrogens with zero attached hydrogens (tertiary/aromatic N) is 2. The number of carboxylic acids is 1. The lowest BCUT2D eigenvalue weighted by Gasteiger charge is -2.23. The van der Waals surface area contributed by atoms with Gasteiger partial charge in [0.25, 0.3) is 0 Å². The van der Waals surface area contributed by atoms with Gasteiger partial charge in [0.2, 0.25) is 5.92 Å². The molecule has 0 spiro atoms. The van der Waals surface area contributed by atoms with Crippen molar-refractivity contribution in [2.45, 2.75) is 70.1 Å². The second kappa shape index (κ2) is 10.5. The van der Waals surface area contributed by atoms with Crippen LogP contribution in [-0.4, -0.2) is 33.5 Å².